The predicted octanol–water partition coefficient (Wildman–Crippen LogP) is 1.06. The van der Waals surface area contributed by atoms with Gasteiger partial charge < -0.3 is 4.90 Å². The van der Waals surface area contributed by atoms with E-state index >= 15 is 0 Å². The van der Waals surface area contributed by atoms with Gasteiger partial charge in [-0.1, -0.05) is 15.9 Å². The van der Waals surface area contributed by atoms with Crippen LogP contribution in [0.15, 0.2) is 0 Å². The molecule has 0 saturated carbocycles. The van der Waals surface area contributed by atoms with Crippen molar-refractivity contribution in [2.75, 3.05) is 12.4 Å². The molecule has 1 unspecified atom stereocenters. The molecular formula is C7H10BrF2NO2. The molecule has 0 aromatic heterocycles. The highest BCUT2D eigenvalue weighted by Gasteiger charge is 2.27. The Morgan fingerprint density at radius 2 is 1.92 bits per heavy atom. The third-order valence-corrected chi connectivity index (χ3v) is 2.27. The number of Topliss-reactive ketones (excluding diaryl/α,β-unsaturated/α-hetero) is 1. The fourth-order valence-electron chi connectivity index (χ4n) is 0.672. The number of likely N-dealkylation sites (N-methyl/N-ethyl adjacent to an activating group) is 1. The van der Waals surface area contributed by atoms with Gasteiger partial charge in [0.25, 0.3) is 5.91 Å². The molecule has 0 saturated heterocycles. The molecule has 0 spiro atoms. The number of alkyl halides is 3. The molecule has 0 fully saturated rings. The average Bonchev–Trinajstić information content (AvgIpc) is 2.12. The minimum absolute atomic E-state index is 0.0506. The van der Waals surface area contributed by atoms with Crippen LogP contribution in [0.2, 0.25) is 0 Å². The lowest BCUT2D eigenvalue weighted by molar-refractivity contribution is -0.146. The molecule has 0 aliphatic heterocycles. The second-order valence-corrected chi connectivity index (χ2v) is 3.09. The summed E-state index contributed by atoms with van der Waals surface area (Å²) in [5.41, 5.74) is 0. The summed E-state index contributed by atoms with van der Waals surface area (Å²) in [6.07, 6.45) is -3.06. The zero-order chi connectivity index (χ0) is 10.6. The van der Waals surface area contributed by atoms with E-state index in [2.05, 4.69) is 15.9 Å². The Morgan fingerprint density at radius 1 is 1.46 bits per heavy atom. The van der Waals surface area contributed by atoms with Crippen molar-refractivity contribution in [3.05, 3.63) is 0 Å². The number of halogens is 3. The number of ketones is 1. The van der Waals surface area contributed by atoms with Gasteiger partial charge in [-0.25, -0.2) is 0 Å². The van der Waals surface area contributed by atoms with E-state index in [0.29, 0.717) is 0 Å². The van der Waals surface area contributed by atoms with Crippen LogP contribution in [-0.2, 0) is 9.59 Å². The molecule has 13 heavy (non-hydrogen) atoms. The Labute approximate surface area is 83.2 Å². The Kier molecular flexibility index (Phi) is 5.05. The van der Waals surface area contributed by atoms with Crippen molar-refractivity contribution in [3.8, 4) is 0 Å². The van der Waals surface area contributed by atoms with Crippen LogP contribution >= 0.6 is 15.9 Å². The number of amides is 1. The van der Waals surface area contributed by atoms with E-state index in [9.17, 15) is 18.4 Å². The number of carbonyl (C=O) groups excluding carboxylic acids is 2. The summed E-state index contributed by atoms with van der Waals surface area (Å²) in [5, 5.41) is 0.0506. The Hall–Kier alpha value is -0.520. The van der Waals surface area contributed by atoms with Crippen molar-refractivity contribution in [2.24, 2.45) is 0 Å². The van der Waals surface area contributed by atoms with Gasteiger partial charge in [-0.2, -0.15) is 8.78 Å². The second kappa shape index (κ2) is 5.26. The molecule has 0 heterocycles. The number of hydrogen-bond donors (Lipinski definition) is 0. The molecule has 6 heteroatoms. The summed E-state index contributed by atoms with van der Waals surface area (Å²) < 4.78 is 23.8. The van der Waals surface area contributed by atoms with Crippen molar-refractivity contribution in [3.63, 3.8) is 0 Å². The van der Waals surface area contributed by atoms with Gasteiger partial charge in [0.15, 0.2) is 5.78 Å². The summed E-state index contributed by atoms with van der Waals surface area (Å²) in [6.45, 7) is 1.41. The largest absolute Gasteiger partial charge is 0.331 e. The van der Waals surface area contributed by atoms with Crippen molar-refractivity contribution < 1.29 is 18.4 Å². The molecule has 3 nitrogen and oxygen atoms in total. The van der Waals surface area contributed by atoms with Gasteiger partial charge in [-0.15, -0.1) is 0 Å². The van der Waals surface area contributed by atoms with Gasteiger partial charge in [-0.3, -0.25) is 9.59 Å². The molecule has 1 atom stereocenters. The lowest BCUT2D eigenvalue weighted by Crippen LogP contribution is -2.43. The molecule has 0 aliphatic rings. The molecule has 76 valence electrons. The number of rotatable bonds is 4. The second-order valence-electron chi connectivity index (χ2n) is 2.53. The Morgan fingerprint density at radius 3 is 2.23 bits per heavy atom. The van der Waals surface area contributed by atoms with Gasteiger partial charge in [0.1, 0.15) is 0 Å². The van der Waals surface area contributed by atoms with Gasteiger partial charge in [0.05, 0.1) is 11.4 Å². The highest BCUT2D eigenvalue weighted by molar-refractivity contribution is 9.09. The predicted molar refractivity (Wildman–Crippen MR) is 47.0 cm³/mol. The molecule has 0 rings (SSSR count). The molecule has 0 radical (unpaired) electrons. The monoisotopic (exact) mass is 257 g/mol. The minimum Gasteiger partial charge on any atom is -0.331 e. The summed E-state index contributed by atoms with van der Waals surface area (Å²) in [5.74, 6) is -1.64. The maximum absolute atomic E-state index is 11.9. The molecular weight excluding hydrogens is 248 g/mol. The molecule has 0 aromatic carbocycles. The van der Waals surface area contributed by atoms with E-state index in [4.69, 9.17) is 0 Å². The van der Waals surface area contributed by atoms with Crippen LogP contribution in [0, 0.1) is 0 Å². The van der Waals surface area contributed by atoms with E-state index in [1.54, 1.807) is 0 Å². The maximum atomic E-state index is 11.9. The standard InChI is InChI=1S/C7H10BrF2NO2/c1-4(5(12)3-8)11(2)7(13)6(9)10/h4,6H,3H2,1-2H3. The number of nitrogens with zero attached hydrogens (tertiary/aromatic N) is 1. The van der Waals surface area contributed by atoms with Gasteiger partial charge in [-0.05, 0) is 6.92 Å². The third kappa shape index (κ3) is 3.38. The fourth-order valence-corrected chi connectivity index (χ4v) is 1.14. The molecule has 1 amide bonds. The van der Waals surface area contributed by atoms with Crippen molar-refractivity contribution in [1.29, 1.82) is 0 Å². The first-order valence-corrected chi connectivity index (χ1v) is 4.67. The smallest absolute Gasteiger partial charge is 0.315 e. The number of hydrogen-bond acceptors (Lipinski definition) is 2. The van der Waals surface area contributed by atoms with Crippen molar-refractivity contribution in [2.45, 2.75) is 19.4 Å². The Bertz CT molecular complexity index is 211. The quantitative estimate of drug-likeness (QED) is 0.707. The van der Waals surface area contributed by atoms with E-state index in [-0.39, 0.29) is 11.1 Å². The summed E-state index contributed by atoms with van der Waals surface area (Å²) in [6, 6.07) is -0.819. The van der Waals surface area contributed by atoms with Gasteiger partial charge in [0.2, 0.25) is 0 Å². The van der Waals surface area contributed by atoms with Crippen LogP contribution in [0.1, 0.15) is 6.92 Å². The minimum atomic E-state index is -3.06. The zero-order valence-electron chi connectivity index (χ0n) is 7.26. The van der Waals surface area contributed by atoms with Crippen LogP contribution in [0.4, 0.5) is 8.78 Å². The summed E-state index contributed by atoms with van der Waals surface area (Å²) >= 11 is 2.89. The van der Waals surface area contributed by atoms with Crippen LogP contribution in [0.25, 0.3) is 0 Å². The van der Waals surface area contributed by atoms with Crippen LogP contribution in [0.5, 0.6) is 0 Å². The SMILES string of the molecule is CC(C(=O)CBr)N(C)C(=O)C(F)F. The normalized spacial score (nSPS) is 12.8. The third-order valence-electron chi connectivity index (χ3n) is 1.71. The number of carbonyl (C=O) groups is 2. The first kappa shape index (κ1) is 12.5. The maximum Gasteiger partial charge on any atom is 0.315 e. The lowest BCUT2D eigenvalue weighted by Gasteiger charge is -2.22. The van der Waals surface area contributed by atoms with Gasteiger partial charge in [0, 0.05) is 7.05 Å². The zero-order valence-corrected chi connectivity index (χ0v) is 8.85. The first-order valence-electron chi connectivity index (χ1n) is 3.55. The fraction of sp³-hybridized carbons (Fsp3) is 0.714. The highest BCUT2D eigenvalue weighted by Crippen LogP contribution is 2.05. The first-order chi connectivity index (χ1) is 5.91. The topological polar surface area (TPSA) is 37.4 Å². The van der Waals surface area contributed by atoms with Crippen LogP contribution in [0.3, 0.4) is 0 Å². The lowest BCUT2D eigenvalue weighted by atomic mass is 10.2. The molecule has 0 bridgehead atoms. The van der Waals surface area contributed by atoms with E-state index in [0.717, 1.165) is 4.90 Å². The Balaban J connectivity index is 4.33. The van der Waals surface area contributed by atoms with Crippen molar-refractivity contribution >= 4 is 27.6 Å². The van der Waals surface area contributed by atoms with Gasteiger partial charge >= 0.3 is 6.43 Å². The van der Waals surface area contributed by atoms with Crippen LogP contribution < -0.4 is 0 Å². The molecule has 0 N–H and O–H groups in total. The van der Waals surface area contributed by atoms with E-state index < -0.39 is 18.4 Å². The highest BCUT2D eigenvalue weighted by atomic mass is 79.9. The van der Waals surface area contributed by atoms with E-state index in [1.165, 1.54) is 14.0 Å². The molecule has 0 aliphatic carbocycles. The van der Waals surface area contributed by atoms with E-state index in [1.807, 2.05) is 0 Å². The molecule has 0 aromatic rings. The average molecular weight is 258 g/mol. The summed E-state index contributed by atoms with van der Waals surface area (Å²) in [7, 11) is 1.18. The summed E-state index contributed by atoms with van der Waals surface area (Å²) in [4.78, 5) is 22.5. The van der Waals surface area contributed by atoms with Crippen molar-refractivity contribution in [1.82, 2.24) is 4.90 Å². The van der Waals surface area contributed by atoms with Crippen LogP contribution in [-0.4, -0.2) is 41.4 Å².